The van der Waals surface area contributed by atoms with Gasteiger partial charge >= 0.3 is 5.91 Å². The van der Waals surface area contributed by atoms with E-state index in [1.807, 2.05) is 25.1 Å². The first-order valence-electron chi connectivity index (χ1n) is 10.8. The van der Waals surface area contributed by atoms with E-state index in [0.717, 1.165) is 5.39 Å². The number of hydrogen-bond donors (Lipinski definition) is 2. The Morgan fingerprint density at radius 2 is 1.86 bits per heavy atom. The van der Waals surface area contributed by atoms with Crippen LogP contribution in [0.25, 0.3) is 11.0 Å². The number of halogens is 1. The third kappa shape index (κ3) is 6.39. The lowest BCUT2D eigenvalue weighted by Crippen LogP contribution is -2.20. The molecule has 35 heavy (non-hydrogen) atoms. The molecule has 0 aliphatic carbocycles. The first-order valence-corrected chi connectivity index (χ1v) is 11.2. The number of hydrogen-bond acceptors (Lipinski definition) is 6. The van der Waals surface area contributed by atoms with Crippen molar-refractivity contribution in [1.29, 1.82) is 0 Å². The highest BCUT2D eigenvalue weighted by Gasteiger charge is 2.12. The van der Waals surface area contributed by atoms with E-state index in [-0.39, 0.29) is 18.3 Å². The average Bonchev–Trinajstić information content (AvgIpc) is 3.28. The van der Waals surface area contributed by atoms with Crippen LogP contribution in [0.15, 0.2) is 82.3 Å². The Morgan fingerprint density at radius 3 is 2.63 bits per heavy atom. The SMILES string of the molecule is CCOc1ccc2oc(C(=O)N/N=C/c3ccc(OCC(=O)Nc4ccccc4)c(Cl)c3)cc2c1. The molecule has 4 rings (SSSR count). The largest absolute Gasteiger partial charge is 0.494 e. The second-order valence-corrected chi connectivity index (χ2v) is 7.74. The molecule has 0 aliphatic heterocycles. The summed E-state index contributed by atoms with van der Waals surface area (Å²) in [4.78, 5) is 24.4. The monoisotopic (exact) mass is 491 g/mol. The van der Waals surface area contributed by atoms with Gasteiger partial charge in [0.05, 0.1) is 17.8 Å². The fraction of sp³-hybridized carbons (Fsp3) is 0.115. The summed E-state index contributed by atoms with van der Waals surface area (Å²) in [6, 6.07) is 21.0. The highest BCUT2D eigenvalue weighted by atomic mass is 35.5. The van der Waals surface area contributed by atoms with Gasteiger partial charge in [-0.25, -0.2) is 5.43 Å². The van der Waals surface area contributed by atoms with Gasteiger partial charge in [-0.3, -0.25) is 9.59 Å². The maximum absolute atomic E-state index is 12.4. The van der Waals surface area contributed by atoms with E-state index >= 15 is 0 Å². The number of anilines is 1. The van der Waals surface area contributed by atoms with Crippen LogP contribution in [0.4, 0.5) is 5.69 Å². The number of hydrazone groups is 1. The van der Waals surface area contributed by atoms with Gasteiger partial charge in [-0.15, -0.1) is 0 Å². The normalized spacial score (nSPS) is 10.9. The van der Waals surface area contributed by atoms with Crippen molar-refractivity contribution < 1.29 is 23.5 Å². The van der Waals surface area contributed by atoms with Crippen molar-refractivity contribution in [1.82, 2.24) is 5.43 Å². The third-order valence-corrected chi connectivity index (χ3v) is 5.07. The minimum atomic E-state index is -0.495. The Bertz CT molecular complexity index is 1370. The van der Waals surface area contributed by atoms with E-state index in [2.05, 4.69) is 15.8 Å². The van der Waals surface area contributed by atoms with Gasteiger partial charge in [-0.2, -0.15) is 5.10 Å². The summed E-state index contributed by atoms with van der Waals surface area (Å²) in [5.41, 5.74) is 4.30. The molecule has 0 spiro atoms. The van der Waals surface area contributed by atoms with Crippen LogP contribution in [0.1, 0.15) is 23.0 Å². The van der Waals surface area contributed by atoms with Crippen LogP contribution in [0, 0.1) is 0 Å². The molecule has 8 nitrogen and oxygen atoms in total. The summed E-state index contributed by atoms with van der Waals surface area (Å²) >= 11 is 6.26. The van der Waals surface area contributed by atoms with Crippen LogP contribution in [0.5, 0.6) is 11.5 Å². The Kier molecular flexibility index (Phi) is 7.64. The Labute approximate surface area is 206 Å². The number of nitrogens with one attached hydrogen (secondary N) is 2. The zero-order valence-corrected chi connectivity index (χ0v) is 19.5. The number of fused-ring (bicyclic) bond motifs is 1. The van der Waals surface area contributed by atoms with Crippen LogP contribution in [0.3, 0.4) is 0 Å². The molecule has 0 radical (unpaired) electrons. The van der Waals surface area contributed by atoms with Gasteiger partial charge in [0.25, 0.3) is 5.91 Å². The molecule has 9 heteroatoms. The lowest BCUT2D eigenvalue weighted by molar-refractivity contribution is -0.118. The van der Waals surface area contributed by atoms with E-state index in [9.17, 15) is 9.59 Å². The fourth-order valence-corrected chi connectivity index (χ4v) is 3.43. The third-order valence-electron chi connectivity index (χ3n) is 4.77. The molecule has 2 amide bonds. The summed E-state index contributed by atoms with van der Waals surface area (Å²) in [6.45, 7) is 2.25. The number of benzene rings is 3. The van der Waals surface area contributed by atoms with Gasteiger partial charge < -0.3 is 19.2 Å². The lowest BCUT2D eigenvalue weighted by atomic mass is 10.2. The predicted octanol–water partition coefficient (Wildman–Crippen LogP) is 5.27. The van der Waals surface area contributed by atoms with Crippen molar-refractivity contribution in [2.24, 2.45) is 5.10 Å². The minimum Gasteiger partial charge on any atom is -0.494 e. The predicted molar refractivity (Wildman–Crippen MR) is 134 cm³/mol. The standard InChI is InChI=1S/C26H22ClN3O5/c1-2-33-20-9-11-22-18(13-20)14-24(35-22)26(32)30-28-15-17-8-10-23(21(27)12-17)34-16-25(31)29-19-6-4-3-5-7-19/h3-15H,2,16H2,1H3,(H,29,31)(H,30,32)/b28-15+. The Balaban J connectivity index is 1.31. The molecule has 0 atom stereocenters. The zero-order valence-electron chi connectivity index (χ0n) is 18.8. The van der Waals surface area contributed by atoms with Gasteiger partial charge in [-0.1, -0.05) is 29.8 Å². The highest BCUT2D eigenvalue weighted by Crippen LogP contribution is 2.26. The van der Waals surface area contributed by atoms with E-state index < -0.39 is 5.91 Å². The fourth-order valence-electron chi connectivity index (χ4n) is 3.19. The summed E-state index contributed by atoms with van der Waals surface area (Å²) in [7, 11) is 0. The molecule has 0 fully saturated rings. The number of furan rings is 1. The lowest BCUT2D eigenvalue weighted by Gasteiger charge is -2.09. The summed E-state index contributed by atoms with van der Waals surface area (Å²) < 4.78 is 16.5. The second kappa shape index (κ2) is 11.2. The van der Waals surface area contributed by atoms with Gasteiger partial charge in [0.1, 0.15) is 17.1 Å². The molecule has 4 aromatic rings. The highest BCUT2D eigenvalue weighted by molar-refractivity contribution is 6.32. The molecule has 0 bridgehead atoms. The van der Waals surface area contributed by atoms with Crippen molar-refractivity contribution >= 4 is 46.3 Å². The first kappa shape index (κ1) is 23.8. The molecule has 3 aromatic carbocycles. The van der Waals surface area contributed by atoms with Crippen molar-refractivity contribution in [3.8, 4) is 11.5 Å². The van der Waals surface area contributed by atoms with Gasteiger partial charge in [-0.05, 0) is 67.1 Å². The molecule has 0 unspecified atom stereocenters. The second-order valence-electron chi connectivity index (χ2n) is 7.34. The maximum Gasteiger partial charge on any atom is 0.307 e. The Hall–Kier alpha value is -4.30. The van der Waals surface area contributed by atoms with Crippen molar-refractivity contribution in [2.45, 2.75) is 6.92 Å². The molecular formula is C26H22ClN3O5. The molecule has 0 aliphatic rings. The average molecular weight is 492 g/mol. The summed E-state index contributed by atoms with van der Waals surface area (Å²) in [5, 5.41) is 7.74. The Morgan fingerprint density at radius 1 is 1.03 bits per heavy atom. The van der Waals surface area contributed by atoms with Crippen LogP contribution in [-0.2, 0) is 4.79 Å². The molecule has 2 N–H and O–H groups in total. The quantitative estimate of drug-likeness (QED) is 0.245. The first-order chi connectivity index (χ1) is 17.0. The number of carbonyl (C=O) groups excluding carboxylic acids is 2. The number of rotatable bonds is 9. The van der Waals surface area contributed by atoms with Crippen molar-refractivity contribution in [3.63, 3.8) is 0 Å². The van der Waals surface area contributed by atoms with Gasteiger partial charge in [0.15, 0.2) is 12.4 Å². The number of amides is 2. The van der Waals surface area contributed by atoms with Crippen molar-refractivity contribution in [2.75, 3.05) is 18.5 Å². The molecule has 178 valence electrons. The van der Waals surface area contributed by atoms with E-state index in [1.165, 1.54) is 6.21 Å². The molecule has 1 heterocycles. The van der Waals surface area contributed by atoms with E-state index in [0.29, 0.717) is 40.0 Å². The number of nitrogens with zero attached hydrogens (tertiary/aromatic N) is 1. The smallest absolute Gasteiger partial charge is 0.307 e. The number of ether oxygens (including phenoxy) is 2. The van der Waals surface area contributed by atoms with Crippen LogP contribution in [-0.4, -0.2) is 31.2 Å². The molecular weight excluding hydrogens is 470 g/mol. The topological polar surface area (TPSA) is 102 Å². The molecule has 0 saturated carbocycles. The van der Waals surface area contributed by atoms with Crippen LogP contribution in [0.2, 0.25) is 5.02 Å². The van der Waals surface area contributed by atoms with Gasteiger partial charge in [0, 0.05) is 11.1 Å². The van der Waals surface area contributed by atoms with E-state index in [4.69, 9.17) is 25.5 Å². The summed E-state index contributed by atoms with van der Waals surface area (Å²) in [6.07, 6.45) is 1.44. The van der Waals surface area contributed by atoms with Crippen LogP contribution >= 0.6 is 11.6 Å². The maximum atomic E-state index is 12.4. The van der Waals surface area contributed by atoms with E-state index in [1.54, 1.807) is 54.6 Å². The zero-order chi connectivity index (χ0) is 24.6. The number of carbonyl (C=O) groups is 2. The van der Waals surface area contributed by atoms with Crippen molar-refractivity contribution in [3.05, 3.63) is 89.1 Å². The summed E-state index contributed by atoms with van der Waals surface area (Å²) in [5.74, 6) is 0.379. The van der Waals surface area contributed by atoms with Crippen LogP contribution < -0.4 is 20.2 Å². The molecule has 1 aromatic heterocycles. The molecule has 0 saturated heterocycles. The minimum absolute atomic E-state index is 0.126. The number of para-hydroxylation sites is 1. The van der Waals surface area contributed by atoms with Gasteiger partial charge in [0.2, 0.25) is 0 Å².